The fourth-order valence-corrected chi connectivity index (χ4v) is 1.42. The van der Waals surface area contributed by atoms with Crippen molar-refractivity contribution in [1.82, 2.24) is 4.40 Å². The van der Waals surface area contributed by atoms with Crippen LogP contribution in [0.2, 0.25) is 0 Å². The van der Waals surface area contributed by atoms with Gasteiger partial charge >= 0.3 is 0 Å². The molecule has 1 aliphatic heterocycles. The van der Waals surface area contributed by atoms with Gasteiger partial charge in [0.2, 0.25) is 0 Å². The molecule has 0 fully saturated rings. The maximum absolute atomic E-state index is 4.01. The molecule has 0 atom stereocenters. The van der Waals surface area contributed by atoms with Crippen LogP contribution in [0.3, 0.4) is 0 Å². The van der Waals surface area contributed by atoms with E-state index in [0.717, 1.165) is 16.4 Å². The number of aromatic nitrogens is 1. The van der Waals surface area contributed by atoms with Gasteiger partial charge in [-0.3, -0.25) is 0 Å². The Labute approximate surface area is 62.7 Å². The monoisotopic (exact) mass is 143 g/mol. The second kappa shape index (κ2) is 1.50. The molecule has 0 amide bonds. The lowest BCUT2D eigenvalue weighted by Crippen LogP contribution is -1.98. The molecule has 0 aromatic carbocycles. The average molecular weight is 143 g/mol. The van der Waals surface area contributed by atoms with E-state index in [9.17, 15) is 0 Å². The van der Waals surface area contributed by atoms with Gasteiger partial charge < -0.3 is 4.40 Å². The summed E-state index contributed by atoms with van der Waals surface area (Å²) in [6.45, 7) is 0. The van der Waals surface area contributed by atoms with Gasteiger partial charge in [0.25, 0.3) is 0 Å². The molecule has 52 valence electrons. The minimum absolute atomic E-state index is 0.995. The van der Waals surface area contributed by atoms with E-state index < -0.39 is 0 Å². The Morgan fingerprint density at radius 3 is 3.36 bits per heavy atom. The summed E-state index contributed by atoms with van der Waals surface area (Å²) in [7, 11) is 0. The van der Waals surface area contributed by atoms with Gasteiger partial charge in [-0.25, -0.2) is 0 Å². The molecule has 2 aromatic rings. The summed E-state index contributed by atoms with van der Waals surface area (Å²) < 4.78 is 2.05. The first-order valence-corrected chi connectivity index (χ1v) is 3.45. The molecule has 3 heteroatoms. The maximum atomic E-state index is 4.01. The summed E-state index contributed by atoms with van der Waals surface area (Å²) in [5.74, 6) is 0. The highest BCUT2D eigenvalue weighted by Crippen LogP contribution is 2.04. The standard InChI is InChI=1S/C8H5N3/c1-2-7-8-6(4-9-10-8)5-11(7)3-1/h1-5H. The third-order valence-corrected chi connectivity index (χ3v) is 1.93. The Hall–Kier alpha value is -1.64. The number of hydrogen-bond acceptors (Lipinski definition) is 2. The molecule has 0 saturated carbocycles. The van der Waals surface area contributed by atoms with Crippen LogP contribution in [0.4, 0.5) is 0 Å². The molecule has 0 bridgehead atoms. The van der Waals surface area contributed by atoms with Crippen LogP contribution in [-0.2, 0) is 0 Å². The van der Waals surface area contributed by atoms with E-state index in [2.05, 4.69) is 14.6 Å². The molecule has 0 saturated heterocycles. The Morgan fingerprint density at radius 1 is 1.36 bits per heavy atom. The molecule has 3 heterocycles. The predicted octanol–water partition coefficient (Wildman–Crippen LogP) is 0.625. The lowest BCUT2D eigenvalue weighted by molar-refractivity contribution is 1.18. The van der Waals surface area contributed by atoms with Crippen LogP contribution in [0.25, 0.3) is 5.52 Å². The second-order valence-electron chi connectivity index (χ2n) is 2.58. The van der Waals surface area contributed by atoms with Gasteiger partial charge in [-0.05, 0) is 12.1 Å². The molecule has 0 radical (unpaired) electrons. The lowest BCUT2D eigenvalue weighted by Gasteiger charge is -1.78. The molecule has 3 rings (SSSR count). The third kappa shape index (κ3) is 0.487. The zero-order valence-corrected chi connectivity index (χ0v) is 5.73. The summed E-state index contributed by atoms with van der Waals surface area (Å²) >= 11 is 0. The van der Waals surface area contributed by atoms with Gasteiger partial charge in [0.15, 0.2) is 0 Å². The van der Waals surface area contributed by atoms with Crippen molar-refractivity contribution in [3.63, 3.8) is 0 Å². The summed E-state index contributed by atoms with van der Waals surface area (Å²) in [5.41, 5.74) is 2.25. The fourth-order valence-electron chi connectivity index (χ4n) is 1.42. The first kappa shape index (κ1) is 5.07. The van der Waals surface area contributed by atoms with Crippen LogP contribution >= 0.6 is 0 Å². The summed E-state index contributed by atoms with van der Waals surface area (Å²) in [4.78, 5) is 0. The molecule has 0 N–H and O–H groups in total. The molecule has 2 aromatic heterocycles. The molecular formula is C8H5N3. The smallest absolute Gasteiger partial charge is 0.120 e. The Morgan fingerprint density at radius 2 is 2.36 bits per heavy atom. The van der Waals surface area contributed by atoms with Crippen molar-refractivity contribution in [2.45, 2.75) is 0 Å². The number of nitrogens with zero attached hydrogens (tertiary/aromatic N) is 3. The van der Waals surface area contributed by atoms with Crippen molar-refractivity contribution in [1.29, 1.82) is 0 Å². The summed E-state index contributed by atoms with van der Waals surface area (Å²) in [6, 6.07) is 4.04. The van der Waals surface area contributed by atoms with Gasteiger partial charge in [-0.2, -0.15) is 5.10 Å². The fraction of sp³-hybridized carbons (Fsp3) is 0. The molecule has 3 nitrogen and oxygen atoms in total. The first-order valence-electron chi connectivity index (χ1n) is 3.45. The average Bonchev–Trinajstić information content (AvgIpc) is 2.52. The second-order valence-corrected chi connectivity index (χ2v) is 2.58. The van der Waals surface area contributed by atoms with Crippen molar-refractivity contribution in [3.05, 3.63) is 35.4 Å². The predicted molar refractivity (Wildman–Crippen MR) is 41.7 cm³/mol. The van der Waals surface area contributed by atoms with Crippen molar-refractivity contribution >= 4 is 11.7 Å². The van der Waals surface area contributed by atoms with Gasteiger partial charge in [0.1, 0.15) is 5.36 Å². The van der Waals surface area contributed by atoms with Crippen LogP contribution in [0.1, 0.15) is 5.56 Å². The zero-order valence-electron chi connectivity index (χ0n) is 5.73. The minimum atomic E-state index is 0.995. The van der Waals surface area contributed by atoms with Gasteiger partial charge in [0.05, 0.1) is 11.7 Å². The van der Waals surface area contributed by atoms with E-state index in [1.54, 1.807) is 6.21 Å². The third-order valence-electron chi connectivity index (χ3n) is 1.93. The first-order chi connectivity index (χ1) is 5.45. The van der Waals surface area contributed by atoms with Crippen molar-refractivity contribution in [2.75, 3.05) is 0 Å². The van der Waals surface area contributed by atoms with Crippen LogP contribution in [0.5, 0.6) is 0 Å². The molecule has 0 unspecified atom stereocenters. The van der Waals surface area contributed by atoms with E-state index in [-0.39, 0.29) is 0 Å². The van der Waals surface area contributed by atoms with Crippen LogP contribution in [0, 0.1) is 0 Å². The van der Waals surface area contributed by atoms with Crippen LogP contribution in [0.15, 0.2) is 34.7 Å². The lowest BCUT2D eigenvalue weighted by atomic mass is 10.3. The van der Waals surface area contributed by atoms with E-state index in [4.69, 9.17) is 0 Å². The Balaban J connectivity index is 2.68. The molecule has 1 aliphatic rings. The van der Waals surface area contributed by atoms with E-state index in [1.165, 1.54) is 0 Å². The molecule has 0 spiro atoms. The zero-order chi connectivity index (χ0) is 7.26. The highest BCUT2D eigenvalue weighted by Gasteiger charge is 2.06. The highest BCUT2D eigenvalue weighted by molar-refractivity contribution is 5.83. The highest BCUT2D eigenvalue weighted by atomic mass is 15.2. The normalized spacial score (nSPS) is 13.8. The Kier molecular flexibility index (Phi) is 0.692. The summed E-state index contributed by atoms with van der Waals surface area (Å²) in [5, 5.41) is 8.83. The molecule has 0 aliphatic carbocycles. The largest absolute Gasteiger partial charge is 0.321 e. The number of fused-ring (bicyclic) bond motifs is 3. The van der Waals surface area contributed by atoms with Gasteiger partial charge in [-0.1, -0.05) is 0 Å². The molecule has 11 heavy (non-hydrogen) atoms. The SMILES string of the molecule is C1=NN=c2c1cn1cccc21. The van der Waals surface area contributed by atoms with Gasteiger partial charge in [-0.15, -0.1) is 5.10 Å². The number of hydrogen-bond donors (Lipinski definition) is 0. The van der Waals surface area contributed by atoms with E-state index >= 15 is 0 Å². The molecular weight excluding hydrogens is 138 g/mol. The van der Waals surface area contributed by atoms with Crippen molar-refractivity contribution in [3.8, 4) is 0 Å². The maximum Gasteiger partial charge on any atom is 0.120 e. The van der Waals surface area contributed by atoms with Crippen molar-refractivity contribution < 1.29 is 0 Å². The topological polar surface area (TPSA) is 29.1 Å². The summed E-state index contributed by atoms with van der Waals surface area (Å²) in [6.07, 6.45) is 5.82. The van der Waals surface area contributed by atoms with Crippen molar-refractivity contribution in [2.24, 2.45) is 10.2 Å². The van der Waals surface area contributed by atoms with Gasteiger partial charge in [0, 0.05) is 18.0 Å². The minimum Gasteiger partial charge on any atom is -0.321 e. The van der Waals surface area contributed by atoms with E-state index in [1.807, 2.05) is 24.5 Å². The Bertz CT molecular complexity index is 493. The number of rotatable bonds is 0. The quantitative estimate of drug-likeness (QED) is 0.517. The van der Waals surface area contributed by atoms with Crippen LogP contribution in [-0.4, -0.2) is 10.6 Å². The van der Waals surface area contributed by atoms with Crippen LogP contribution < -0.4 is 5.36 Å². The van der Waals surface area contributed by atoms with E-state index in [0.29, 0.717) is 0 Å².